The van der Waals surface area contributed by atoms with E-state index in [9.17, 15) is 4.79 Å². The van der Waals surface area contributed by atoms with E-state index >= 15 is 0 Å². The van der Waals surface area contributed by atoms with Gasteiger partial charge >= 0.3 is 5.97 Å². The molecular formula is C16H24O4. The fraction of sp³-hybridized carbons (Fsp3) is 0.438. The van der Waals surface area contributed by atoms with E-state index in [0.29, 0.717) is 12.8 Å². The quantitative estimate of drug-likeness (QED) is 0.156. The predicted octanol–water partition coefficient (Wildman–Crippen LogP) is 3.82. The van der Waals surface area contributed by atoms with Crippen LogP contribution in [0.2, 0.25) is 0 Å². The van der Waals surface area contributed by atoms with Crippen LogP contribution in [0, 0.1) is 0 Å². The summed E-state index contributed by atoms with van der Waals surface area (Å²) in [6, 6.07) is 0. The number of carbonyl (C=O) groups is 1. The first-order valence-electron chi connectivity index (χ1n) is 6.70. The van der Waals surface area contributed by atoms with Crippen molar-refractivity contribution in [1.82, 2.24) is 0 Å². The summed E-state index contributed by atoms with van der Waals surface area (Å²) in [5.74, 6) is -0.166. The number of hydrogen-bond donors (Lipinski definition) is 1. The fourth-order valence-corrected chi connectivity index (χ4v) is 1.44. The molecule has 0 aromatic heterocycles. The number of esters is 1. The molecule has 0 heterocycles. The number of unbranched alkanes of at least 4 members (excludes halogenated alkanes) is 1. The van der Waals surface area contributed by atoms with E-state index in [1.165, 1.54) is 7.11 Å². The standard InChI is InChI=1S/C16H24O4/c1-3-4-12-15(20-18)13-10-8-6-5-7-9-11-14-16(17)19-2/h3-5,7-8,10,12,15,18H,1,6,9,11,13-14H2,2H3/b7-5-,10-8-,12-4-. The van der Waals surface area contributed by atoms with Crippen LogP contribution in [0.4, 0.5) is 0 Å². The molecule has 0 saturated carbocycles. The van der Waals surface area contributed by atoms with Gasteiger partial charge in [-0.3, -0.25) is 10.1 Å². The third-order valence-corrected chi connectivity index (χ3v) is 2.55. The Kier molecular flexibility index (Phi) is 12.6. The molecule has 1 unspecified atom stereocenters. The van der Waals surface area contributed by atoms with Gasteiger partial charge in [0, 0.05) is 6.42 Å². The van der Waals surface area contributed by atoms with Crippen LogP contribution in [0.15, 0.2) is 49.1 Å². The van der Waals surface area contributed by atoms with Gasteiger partial charge in [0.2, 0.25) is 0 Å². The Morgan fingerprint density at radius 3 is 2.70 bits per heavy atom. The van der Waals surface area contributed by atoms with E-state index in [4.69, 9.17) is 5.26 Å². The number of methoxy groups -OCH3 is 1. The first-order valence-corrected chi connectivity index (χ1v) is 6.70. The second-order valence-corrected chi connectivity index (χ2v) is 4.15. The Hall–Kier alpha value is -1.65. The molecule has 0 aromatic rings. The van der Waals surface area contributed by atoms with Crippen molar-refractivity contribution in [1.29, 1.82) is 0 Å². The van der Waals surface area contributed by atoms with Crippen LogP contribution >= 0.6 is 0 Å². The van der Waals surface area contributed by atoms with Crippen molar-refractivity contribution in [3.05, 3.63) is 49.1 Å². The molecule has 0 aliphatic heterocycles. The maximum Gasteiger partial charge on any atom is 0.305 e. The summed E-state index contributed by atoms with van der Waals surface area (Å²) in [5.41, 5.74) is 0. The van der Waals surface area contributed by atoms with Gasteiger partial charge in [0.25, 0.3) is 0 Å². The van der Waals surface area contributed by atoms with Crippen molar-refractivity contribution in [2.75, 3.05) is 7.11 Å². The van der Waals surface area contributed by atoms with Crippen LogP contribution in [0.25, 0.3) is 0 Å². The van der Waals surface area contributed by atoms with Gasteiger partial charge in [-0.05, 0) is 25.7 Å². The normalized spacial score (nSPS) is 13.3. The van der Waals surface area contributed by atoms with E-state index in [1.54, 1.807) is 18.2 Å². The summed E-state index contributed by atoms with van der Waals surface area (Å²) in [5, 5.41) is 8.65. The average molecular weight is 280 g/mol. The zero-order valence-corrected chi connectivity index (χ0v) is 12.0. The molecule has 1 N–H and O–H groups in total. The van der Waals surface area contributed by atoms with Crippen LogP contribution in [-0.2, 0) is 14.4 Å². The smallest absolute Gasteiger partial charge is 0.305 e. The Bertz CT molecular complexity index is 342. The number of carbonyl (C=O) groups excluding carboxylic acids is 1. The van der Waals surface area contributed by atoms with Crippen molar-refractivity contribution in [3.8, 4) is 0 Å². The summed E-state index contributed by atoms with van der Waals surface area (Å²) in [7, 11) is 1.40. The summed E-state index contributed by atoms with van der Waals surface area (Å²) in [6.07, 6.45) is 16.4. The van der Waals surface area contributed by atoms with E-state index in [2.05, 4.69) is 16.2 Å². The van der Waals surface area contributed by atoms with Gasteiger partial charge < -0.3 is 4.74 Å². The molecule has 0 spiro atoms. The summed E-state index contributed by atoms with van der Waals surface area (Å²) >= 11 is 0. The topological polar surface area (TPSA) is 55.8 Å². The van der Waals surface area contributed by atoms with Crippen molar-refractivity contribution in [3.63, 3.8) is 0 Å². The van der Waals surface area contributed by atoms with Crippen LogP contribution in [0.5, 0.6) is 0 Å². The lowest BCUT2D eigenvalue weighted by Gasteiger charge is -2.03. The Morgan fingerprint density at radius 2 is 2.05 bits per heavy atom. The van der Waals surface area contributed by atoms with Crippen LogP contribution in [-0.4, -0.2) is 24.4 Å². The number of rotatable bonds is 11. The highest BCUT2D eigenvalue weighted by atomic mass is 17.1. The molecule has 4 heteroatoms. The summed E-state index contributed by atoms with van der Waals surface area (Å²) in [6.45, 7) is 3.55. The minimum absolute atomic E-state index is 0.166. The monoisotopic (exact) mass is 280 g/mol. The average Bonchev–Trinajstić information content (AvgIpc) is 2.48. The van der Waals surface area contributed by atoms with Gasteiger partial charge in [-0.2, -0.15) is 0 Å². The Morgan fingerprint density at radius 1 is 1.30 bits per heavy atom. The second-order valence-electron chi connectivity index (χ2n) is 4.15. The molecule has 0 amide bonds. The van der Waals surface area contributed by atoms with E-state index in [1.807, 2.05) is 24.3 Å². The highest BCUT2D eigenvalue weighted by molar-refractivity contribution is 5.68. The summed E-state index contributed by atoms with van der Waals surface area (Å²) < 4.78 is 4.55. The molecule has 0 rings (SSSR count). The highest BCUT2D eigenvalue weighted by Crippen LogP contribution is 2.02. The van der Waals surface area contributed by atoms with Gasteiger partial charge in [0.05, 0.1) is 7.11 Å². The molecule has 112 valence electrons. The molecular weight excluding hydrogens is 256 g/mol. The zero-order valence-electron chi connectivity index (χ0n) is 12.0. The van der Waals surface area contributed by atoms with E-state index < -0.39 is 0 Å². The molecule has 0 bridgehead atoms. The maximum absolute atomic E-state index is 10.9. The largest absolute Gasteiger partial charge is 0.469 e. The second kappa shape index (κ2) is 13.8. The third-order valence-electron chi connectivity index (χ3n) is 2.55. The van der Waals surface area contributed by atoms with E-state index in [0.717, 1.165) is 19.3 Å². The molecule has 0 aliphatic carbocycles. The van der Waals surface area contributed by atoms with Crippen LogP contribution in [0.3, 0.4) is 0 Å². The molecule has 0 radical (unpaired) electrons. The molecule has 4 nitrogen and oxygen atoms in total. The number of allylic oxidation sites excluding steroid dienone is 5. The minimum Gasteiger partial charge on any atom is -0.469 e. The molecule has 0 aromatic carbocycles. The lowest BCUT2D eigenvalue weighted by molar-refractivity contribution is -0.264. The van der Waals surface area contributed by atoms with E-state index in [-0.39, 0.29) is 12.1 Å². The zero-order chi connectivity index (χ0) is 15.1. The van der Waals surface area contributed by atoms with Crippen LogP contribution < -0.4 is 0 Å². The van der Waals surface area contributed by atoms with Crippen LogP contribution in [0.1, 0.15) is 32.1 Å². The molecule has 0 saturated heterocycles. The molecule has 20 heavy (non-hydrogen) atoms. The van der Waals surface area contributed by atoms with Gasteiger partial charge in [0.1, 0.15) is 6.10 Å². The van der Waals surface area contributed by atoms with Gasteiger partial charge in [-0.25, -0.2) is 4.89 Å². The maximum atomic E-state index is 10.9. The lowest BCUT2D eigenvalue weighted by atomic mass is 10.2. The Balaban J connectivity index is 3.66. The molecule has 0 fully saturated rings. The first kappa shape index (κ1) is 18.4. The highest BCUT2D eigenvalue weighted by Gasteiger charge is 1.99. The number of hydrogen-bond acceptors (Lipinski definition) is 4. The Labute approximate surface area is 121 Å². The first-order chi connectivity index (χ1) is 9.74. The minimum atomic E-state index is -0.340. The van der Waals surface area contributed by atoms with Crippen molar-refractivity contribution >= 4 is 5.97 Å². The van der Waals surface area contributed by atoms with Gasteiger partial charge in [-0.15, -0.1) is 0 Å². The van der Waals surface area contributed by atoms with Gasteiger partial charge in [-0.1, -0.05) is 49.1 Å². The molecule has 0 aliphatic rings. The predicted molar refractivity (Wildman–Crippen MR) is 80.2 cm³/mol. The fourth-order valence-electron chi connectivity index (χ4n) is 1.44. The molecule has 1 atom stereocenters. The lowest BCUT2D eigenvalue weighted by Crippen LogP contribution is -2.04. The number of ether oxygens (including phenoxy) is 1. The van der Waals surface area contributed by atoms with Gasteiger partial charge in [0.15, 0.2) is 0 Å². The summed E-state index contributed by atoms with van der Waals surface area (Å²) in [4.78, 5) is 15.1. The SMILES string of the molecule is C=C/C=C\C(C/C=C\C/C=C\CCCC(=O)OC)OO. The van der Waals surface area contributed by atoms with Crippen molar-refractivity contribution in [2.45, 2.75) is 38.2 Å². The van der Waals surface area contributed by atoms with Crippen molar-refractivity contribution < 1.29 is 19.7 Å². The third kappa shape index (κ3) is 11.4. The van der Waals surface area contributed by atoms with Crippen molar-refractivity contribution in [2.24, 2.45) is 0 Å².